The molecule has 0 radical (unpaired) electrons. The number of halogens is 1. The van der Waals surface area contributed by atoms with Crippen LogP contribution in [0.3, 0.4) is 0 Å². The van der Waals surface area contributed by atoms with Crippen LogP contribution in [0.1, 0.15) is 5.56 Å². The van der Waals surface area contributed by atoms with Crippen LogP contribution in [-0.4, -0.2) is 29.3 Å². The number of nitrogens with one attached hydrogen (secondary N) is 1. The number of aliphatic carboxylic acids is 1. The van der Waals surface area contributed by atoms with Gasteiger partial charge >= 0.3 is 5.97 Å². The summed E-state index contributed by atoms with van der Waals surface area (Å²) < 4.78 is 40.0. The first-order valence-electron chi connectivity index (χ1n) is 5.85. The monoisotopic (exact) mass is 313 g/mol. The zero-order valence-electron chi connectivity index (χ0n) is 10.7. The number of nitrogens with zero attached hydrogens (tertiary/aromatic N) is 2. The highest BCUT2D eigenvalue weighted by atomic mass is 32.2. The number of rotatable bonds is 6. The van der Waals surface area contributed by atoms with Gasteiger partial charge in [0.05, 0.1) is 6.20 Å². The van der Waals surface area contributed by atoms with Gasteiger partial charge in [-0.1, -0.05) is 12.1 Å². The van der Waals surface area contributed by atoms with E-state index >= 15 is 0 Å². The van der Waals surface area contributed by atoms with E-state index in [1.54, 1.807) is 0 Å². The number of carbonyl (C=O) groups is 1. The molecular formula is C12H12FN3O4S. The molecule has 0 saturated carbocycles. The molecule has 0 bridgehead atoms. The largest absolute Gasteiger partial charge is 0.480 e. The van der Waals surface area contributed by atoms with Crippen LogP contribution >= 0.6 is 0 Å². The summed E-state index contributed by atoms with van der Waals surface area (Å²) >= 11 is 0. The van der Waals surface area contributed by atoms with Crippen molar-refractivity contribution in [3.63, 3.8) is 0 Å². The molecule has 0 saturated heterocycles. The zero-order chi connectivity index (χ0) is 15.5. The molecule has 0 aliphatic heterocycles. The van der Waals surface area contributed by atoms with E-state index in [-0.39, 0.29) is 11.4 Å². The molecule has 1 aromatic carbocycles. The lowest BCUT2D eigenvalue weighted by atomic mass is 10.2. The highest BCUT2D eigenvalue weighted by Gasteiger charge is 2.16. The number of carboxylic acid groups (broad SMARTS) is 1. The second-order valence-corrected chi connectivity index (χ2v) is 5.99. The van der Waals surface area contributed by atoms with E-state index < -0.39 is 28.4 Å². The van der Waals surface area contributed by atoms with Crippen LogP contribution in [0.25, 0.3) is 0 Å². The molecule has 1 aromatic heterocycles. The fourth-order valence-corrected chi connectivity index (χ4v) is 2.54. The lowest BCUT2D eigenvalue weighted by Gasteiger charge is -2.04. The van der Waals surface area contributed by atoms with Crippen LogP contribution in [0.5, 0.6) is 0 Å². The highest BCUT2D eigenvalue weighted by Crippen LogP contribution is 2.09. The summed E-state index contributed by atoms with van der Waals surface area (Å²) in [6.45, 7) is -0.430. The SMILES string of the molecule is O=C(O)Cn1cc(S(=O)(=O)NCc2ccc(F)cc2)cn1. The summed E-state index contributed by atoms with van der Waals surface area (Å²) in [6.07, 6.45) is 2.19. The quantitative estimate of drug-likeness (QED) is 0.812. The third-order valence-electron chi connectivity index (χ3n) is 2.60. The standard InChI is InChI=1S/C12H12FN3O4S/c13-10-3-1-9(2-4-10)5-15-21(19,20)11-6-14-16(7-11)8-12(17)18/h1-4,6-7,15H,5,8H2,(H,17,18). The minimum Gasteiger partial charge on any atom is -0.480 e. The third kappa shape index (κ3) is 4.10. The maximum Gasteiger partial charge on any atom is 0.325 e. The number of aromatic nitrogens is 2. The van der Waals surface area contributed by atoms with Gasteiger partial charge in [-0.05, 0) is 17.7 Å². The Hall–Kier alpha value is -2.26. The Morgan fingerprint density at radius 3 is 2.62 bits per heavy atom. The summed E-state index contributed by atoms with van der Waals surface area (Å²) in [5.74, 6) is -1.53. The van der Waals surface area contributed by atoms with E-state index in [0.717, 1.165) is 17.1 Å². The summed E-state index contributed by atoms with van der Waals surface area (Å²) in [5.41, 5.74) is 0.595. The van der Waals surface area contributed by atoms with Gasteiger partial charge in [0.15, 0.2) is 0 Å². The molecule has 0 atom stereocenters. The fourth-order valence-electron chi connectivity index (χ4n) is 1.57. The molecule has 7 nitrogen and oxygen atoms in total. The fraction of sp³-hybridized carbons (Fsp3) is 0.167. The summed E-state index contributed by atoms with van der Waals surface area (Å²) in [6, 6.07) is 5.39. The predicted octanol–water partition coefficient (Wildman–Crippen LogP) is 0.585. The molecule has 2 N–H and O–H groups in total. The lowest BCUT2D eigenvalue weighted by Crippen LogP contribution is -2.23. The maximum atomic E-state index is 12.7. The van der Waals surface area contributed by atoms with E-state index in [2.05, 4.69) is 9.82 Å². The molecular weight excluding hydrogens is 301 g/mol. The Morgan fingerprint density at radius 2 is 2.00 bits per heavy atom. The first kappa shape index (κ1) is 15.1. The molecule has 21 heavy (non-hydrogen) atoms. The first-order valence-corrected chi connectivity index (χ1v) is 7.33. The second-order valence-electron chi connectivity index (χ2n) is 4.22. The number of hydrogen-bond acceptors (Lipinski definition) is 4. The molecule has 2 aromatic rings. The summed E-state index contributed by atoms with van der Waals surface area (Å²) in [5, 5.41) is 12.3. The van der Waals surface area contributed by atoms with Crippen LogP contribution in [0.2, 0.25) is 0 Å². The van der Waals surface area contributed by atoms with Gasteiger partial charge in [0.2, 0.25) is 10.0 Å². The third-order valence-corrected chi connectivity index (χ3v) is 3.95. The molecule has 0 aliphatic carbocycles. The number of hydrogen-bond donors (Lipinski definition) is 2. The normalized spacial score (nSPS) is 11.5. The zero-order valence-corrected chi connectivity index (χ0v) is 11.5. The molecule has 0 fully saturated rings. The van der Waals surface area contributed by atoms with Crippen molar-refractivity contribution < 1.29 is 22.7 Å². The van der Waals surface area contributed by atoms with Crippen molar-refractivity contribution in [2.24, 2.45) is 0 Å². The summed E-state index contributed by atoms with van der Waals surface area (Å²) in [4.78, 5) is 10.4. The van der Waals surface area contributed by atoms with Crippen LogP contribution in [0, 0.1) is 5.82 Å². The maximum absolute atomic E-state index is 12.7. The smallest absolute Gasteiger partial charge is 0.325 e. The van der Waals surface area contributed by atoms with Gasteiger partial charge < -0.3 is 5.11 Å². The molecule has 0 spiro atoms. The van der Waals surface area contributed by atoms with E-state index in [9.17, 15) is 17.6 Å². The van der Waals surface area contributed by atoms with Crippen molar-refractivity contribution in [1.29, 1.82) is 0 Å². The minimum atomic E-state index is -3.80. The Labute approximate surface area is 120 Å². The lowest BCUT2D eigenvalue weighted by molar-refractivity contribution is -0.137. The van der Waals surface area contributed by atoms with Crippen LogP contribution in [0.15, 0.2) is 41.6 Å². The van der Waals surface area contributed by atoms with Crippen molar-refractivity contribution in [3.8, 4) is 0 Å². The number of sulfonamides is 1. The van der Waals surface area contributed by atoms with E-state index in [4.69, 9.17) is 5.11 Å². The van der Waals surface area contributed by atoms with Gasteiger partial charge in [-0.15, -0.1) is 0 Å². The highest BCUT2D eigenvalue weighted by molar-refractivity contribution is 7.89. The average Bonchev–Trinajstić information content (AvgIpc) is 2.86. The van der Waals surface area contributed by atoms with E-state index in [1.807, 2.05) is 0 Å². The van der Waals surface area contributed by atoms with Gasteiger partial charge in [0.1, 0.15) is 17.3 Å². The predicted molar refractivity (Wildman–Crippen MR) is 70.3 cm³/mol. The van der Waals surface area contributed by atoms with E-state index in [0.29, 0.717) is 5.56 Å². The van der Waals surface area contributed by atoms with Gasteiger partial charge in [-0.2, -0.15) is 5.10 Å². The molecule has 0 unspecified atom stereocenters. The van der Waals surface area contributed by atoms with Gasteiger partial charge in [-0.25, -0.2) is 17.5 Å². The van der Waals surface area contributed by atoms with Crippen molar-refractivity contribution in [2.75, 3.05) is 0 Å². The van der Waals surface area contributed by atoms with Crippen molar-refractivity contribution in [3.05, 3.63) is 48.0 Å². The van der Waals surface area contributed by atoms with Crippen LogP contribution < -0.4 is 4.72 Å². The molecule has 112 valence electrons. The van der Waals surface area contributed by atoms with Crippen LogP contribution in [0.4, 0.5) is 4.39 Å². The average molecular weight is 313 g/mol. The molecule has 0 amide bonds. The topological polar surface area (TPSA) is 101 Å². The van der Waals surface area contributed by atoms with Crippen molar-refractivity contribution in [1.82, 2.24) is 14.5 Å². The summed E-state index contributed by atoms with van der Waals surface area (Å²) in [7, 11) is -3.80. The second kappa shape index (κ2) is 6.02. The Kier molecular flexibility index (Phi) is 4.34. The van der Waals surface area contributed by atoms with Gasteiger partial charge in [0.25, 0.3) is 0 Å². The minimum absolute atomic E-state index is 0.00722. The first-order chi connectivity index (χ1) is 9.87. The Balaban J connectivity index is 2.06. The molecule has 1 heterocycles. The van der Waals surface area contributed by atoms with E-state index in [1.165, 1.54) is 24.3 Å². The van der Waals surface area contributed by atoms with Gasteiger partial charge in [-0.3, -0.25) is 9.48 Å². The van der Waals surface area contributed by atoms with Crippen LogP contribution in [-0.2, 0) is 27.9 Å². The molecule has 9 heteroatoms. The molecule has 0 aliphatic rings. The number of carboxylic acids is 1. The van der Waals surface area contributed by atoms with Gasteiger partial charge in [0, 0.05) is 12.7 Å². The molecule has 2 rings (SSSR count). The Bertz CT molecular complexity index is 740. The van der Waals surface area contributed by atoms with Crippen molar-refractivity contribution >= 4 is 16.0 Å². The van der Waals surface area contributed by atoms with Crippen molar-refractivity contribution in [2.45, 2.75) is 18.0 Å². The number of benzene rings is 1. The Morgan fingerprint density at radius 1 is 1.33 bits per heavy atom.